The van der Waals surface area contributed by atoms with E-state index in [1.165, 1.54) is 148 Å². The van der Waals surface area contributed by atoms with Gasteiger partial charge < -0.3 is 14.2 Å². The maximum atomic E-state index is 12.9. The monoisotopic (exact) mass is 1100 g/mol. The summed E-state index contributed by atoms with van der Waals surface area (Å²) in [6.45, 7) is 6.52. The third-order valence-electron chi connectivity index (χ3n) is 14.2. The van der Waals surface area contributed by atoms with E-state index in [1.807, 2.05) is 0 Å². The second kappa shape index (κ2) is 66.6. The molecule has 1 atom stereocenters. The minimum atomic E-state index is -0.790. The molecular formula is C73H124O6. The summed E-state index contributed by atoms with van der Waals surface area (Å²) in [6, 6.07) is 0. The Bertz CT molecular complexity index is 1590. The standard InChI is InChI=1S/C73H124O6/c1-4-7-10-13-16-19-22-25-28-29-30-31-32-33-34-35-36-37-38-39-40-41-42-43-46-48-51-54-57-60-63-66-72(75)78-69-70(79-73(76)67-64-61-58-55-52-49-45-27-24-21-18-15-12-9-6-3)68-77-71(74)65-62-59-56-53-50-47-44-26-23-20-17-14-11-8-5-2/h7,10,16,19,25-28,30-31,33-34,36-37,39-40,44-45,70H,4-6,8-9,11-15,17-18,20-24,29,32,35,38,41-43,46-69H2,1-3H3/b10-7-,19-16-,28-25-,31-30-,34-33-,37-36-,40-39-,44-26-,45-27-. The topological polar surface area (TPSA) is 78.9 Å². The van der Waals surface area contributed by atoms with Crippen molar-refractivity contribution < 1.29 is 28.6 Å². The first-order chi connectivity index (χ1) is 39.0. The van der Waals surface area contributed by atoms with E-state index in [0.717, 1.165) is 128 Å². The van der Waals surface area contributed by atoms with Gasteiger partial charge in [-0.15, -0.1) is 0 Å². The van der Waals surface area contributed by atoms with Crippen LogP contribution in [0.25, 0.3) is 0 Å². The third-order valence-corrected chi connectivity index (χ3v) is 14.2. The Hall–Kier alpha value is -3.93. The minimum Gasteiger partial charge on any atom is -0.462 e. The van der Waals surface area contributed by atoms with Crippen LogP contribution < -0.4 is 0 Å². The van der Waals surface area contributed by atoms with Gasteiger partial charge in [0.1, 0.15) is 13.2 Å². The van der Waals surface area contributed by atoms with Gasteiger partial charge in [0.2, 0.25) is 0 Å². The van der Waals surface area contributed by atoms with Crippen molar-refractivity contribution in [3.8, 4) is 0 Å². The Morgan fingerprint density at radius 1 is 0.266 bits per heavy atom. The van der Waals surface area contributed by atoms with E-state index in [0.29, 0.717) is 19.3 Å². The average molecular weight is 1100 g/mol. The first kappa shape index (κ1) is 75.1. The number of hydrogen-bond acceptors (Lipinski definition) is 6. The van der Waals surface area contributed by atoms with Crippen molar-refractivity contribution in [2.75, 3.05) is 13.2 Å². The highest BCUT2D eigenvalue weighted by atomic mass is 16.6. The second-order valence-corrected chi connectivity index (χ2v) is 22.0. The van der Waals surface area contributed by atoms with Crippen LogP contribution in [0.15, 0.2) is 109 Å². The van der Waals surface area contributed by atoms with Gasteiger partial charge in [-0.1, -0.05) is 278 Å². The van der Waals surface area contributed by atoms with E-state index in [-0.39, 0.29) is 31.1 Å². The number of unbranched alkanes of at least 4 members (excludes halogenated alkanes) is 31. The zero-order chi connectivity index (χ0) is 57.1. The zero-order valence-corrected chi connectivity index (χ0v) is 51.9. The highest BCUT2D eigenvalue weighted by molar-refractivity contribution is 5.71. The second-order valence-electron chi connectivity index (χ2n) is 22.0. The Morgan fingerprint density at radius 2 is 0.494 bits per heavy atom. The van der Waals surface area contributed by atoms with E-state index in [2.05, 4.69) is 130 Å². The molecule has 0 heterocycles. The predicted molar refractivity (Wildman–Crippen MR) is 343 cm³/mol. The van der Waals surface area contributed by atoms with Crippen molar-refractivity contribution in [3.05, 3.63) is 109 Å². The fourth-order valence-electron chi connectivity index (χ4n) is 9.24. The molecule has 0 amide bonds. The van der Waals surface area contributed by atoms with Crippen molar-refractivity contribution in [2.24, 2.45) is 0 Å². The number of carbonyl (C=O) groups is 3. The summed E-state index contributed by atoms with van der Waals surface area (Å²) in [5.41, 5.74) is 0. The molecule has 6 nitrogen and oxygen atoms in total. The van der Waals surface area contributed by atoms with Gasteiger partial charge >= 0.3 is 17.9 Å². The lowest BCUT2D eigenvalue weighted by molar-refractivity contribution is -0.167. The molecule has 0 spiro atoms. The first-order valence-corrected chi connectivity index (χ1v) is 33.4. The smallest absolute Gasteiger partial charge is 0.306 e. The summed E-state index contributed by atoms with van der Waals surface area (Å²) in [6.07, 6.45) is 91.0. The molecule has 0 N–H and O–H groups in total. The zero-order valence-electron chi connectivity index (χ0n) is 51.9. The van der Waals surface area contributed by atoms with Gasteiger partial charge in [-0.3, -0.25) is 14.4 Å². The van der Waals surface area contributed by atoms with Gasteiger partial charge in [-0.2, -0.15) is 0 Å². The summed E-state index contributed by atoms with van der Waals surface area (Å²) in [5, 5.41) is 0. The summed E-state index contributed by atoms with van der Waals surface area (Å²) < 4.78 is 16.9. The highest BCUT2D eigenvalue weighted by Gasteiger charge is 2.19. The molecule has 6 heteroatoms. The molecule has 0 saturated heterocycles. The van der Waals surface area contributed by atoms with E-state index in [1.54, 1.807) is 0 Å². The van der Waals surface area contributed by atoms with Gasteiger partial charge in [0, 0.05) is 19.3 Å². The summed E-state index contributed by atoms with van der Waals surface area (Å²) in [4.78, 5) is 38.3. The molecule has 0 fully saturated rings. The molecule has 0 bridgehead atoms. The Balaban J connectivity index is 4.30. The molecule has 0 rings (SSSR count). The maximum Gasteiger partial charge on any atom is 0.306 e. The van der Waals surface area contributed by atoms with Gasteiger partial charge in [-0.05, 0) is 128 Å². The normalized spacial score (nSPS) is 12.8. The number of rotatable bonds is 60. The first-order valence-electron chi connectivity index (χ1n) is 33.4. The molecule has 0 aromatic carbocycles. The van der Waals surface area contributed by atoms with Crippen LogP contribution in [-0.4, -0.2) is 37.2 Å². The Kier molecular flexibility index (Phi) is 63.3. The summed E-state index contributed by atoms with van der Waals surface area (Å²) >= 11 is 0. The third kappa shape index (κ3) is 64.8. The Labute approximate surface area is 489 Å². The number of allylic oxidation sites excluding steroid dienone is 18. The molecular weight excluding hydrogens is 973 g/mol. The molecule has 0 aliphatic rings. The molecule has 452 valence electrons. The summed E-state index contributed by atoms with van der Waals surface area (Å²) in [5.74, 6) is -0.899. The molecule has 0 aliphatic carbocycles. The van der Waals surface area contributed by atoms with Gasteiger partial charge in [0.15, 0.2) is 6.10 Å². The highest BCUT2D eigenvalue weighted by Crippen LogP contribution is 2.16. The molecule has 79 heavy (non-hydrogen) atoms. The number of carbonyl (C=O) groups excluding carboxylic acids is 3. The predicted octanol–water partition coefficient (Wildman–Crippen LogP) is 23.0. The van der Waals surface area contributed by atoms with Gasteiger partial charge in [0.25, 0.3) is 0 Å². The van der Waals surface area contributed by atoms with Crippen molar-refractivity contribution in [1.29, 1.82) is 0 Å². The van der Waals surface area contributed by atoms with Crippen LogP contribution in [-0.2, 0) is 28.6 Å². The number of ether oxygens (including phenoxy) is 3. The largest absolute Gasteiger partial charge is 0.462 e. The molecule has 0 saturated carbocycles. The van der Waals surface area contributed by atoms with Crippen LogP contribution in [0.4, 0.5) is 0 Å². The van der Waals surface area contributed by atoms with Gasteiger partial charge in [-0.25, -0.2) is 0 Å². The van der Waals surface area contributed by atoms with Crippen molar-refractivity contribution >= 4 is 17.9 Å². The SMILES string of the molecule is CC/C=C\C/C=C\C/C=C\C/C=C\C/C=C\C/C=C\C/C=C\CCCCCCCCCCCC(=O)OCC(COC(=O)CCCCCCC/C=C\CCCCCCCC)OC(=O)CCCCCCC/C=C\CCCCCCCC. The lowest BCUT2D eigenvalue weighted by Gasteiger charge is -2.18. The molecule has 1 unspecified atom stereocenters. The van der Waals surface area contributed by atoms with Crippen LogP contribution in [0, 0.1) is 0 Å². The van der Waals surface area contributed by atoms with Crippen LogP contribution >= 0.6 is 0 Å². The van der Waals surface area contributed by atoms with Gasteiger partial charge in [0.05, 0.1) is 0 Å². The quantitative estimate of drug-likeness (QED) is 0.0261. The minimum absolute atomic E-state index is 0.0862. The molecule has 0 radical (unpaired) electrons. The maximum absolute atomic E-state index is 12.9. The lowest BCUT2D eigenvalue weighted by Crippen LogP contribution is -2.30. The van der Waals surface area contributed by atoms with Crippen molar-refractivity contribution in [1.82, 2.24) is 0 Å². The number of hydrogen-bond donors (Lipinski definition) is 0. The van der Waals surface area contributed by atoms with Crippen LogP contribution in [0.1, 0.15) is 316 Å². The Morgan fingerprint density at radius 3 is 0.785 bits per heavy atom. The van der Waals surface area contributed by atoms with Crippen molar-refractivity contribution in [3.63, 3.8) is 0 Å². The molecule has 0 aliphatic heterocycles. The van der Waals surface area contributed by atoms with E-state index >= 15 is 0 Å². The summed E-state index contributed by atoms with van der Waals surface area (Å²) in [7, 11) is 0. The fourth-order valence-corrected chi connectivity index (χ4v) is 9.24. The van der Waals surface area contributed by atoms with Crippen LogP contribution in [0.2, 0.25) is 0 Å². The number of esters is 3. The van der Waals surface area contributed by atoms with Crippen LogP contribution in [0.3, 0.4) is 0 Å². The van der Waals surface area contributed by atoms with E-state index < -0.39 is 6.10 Å². The van der Waals surface area contributed by atoms with E-state index in [4.69, 9.17) is 14.2 Å². The molecule has 0 aromatic heterocycles. The van der Waals surface area contributed by atoms with Crippen molar-refractivity contribution in [2.45, 2.75) is 322 Å². The fraction of sp³-hybridized carbons (Fsp3) is 0.712. The van der Waals surface area contributed by atoms with E-state index in [9.17, 15) is 14.4 Å². The molecule has 0 aromatic rings. The lowest BCUT2D eigenvalue weighted by atomic mass is 10.1. The average Bonchev–Trinajstić information content (AvgIpc) is 3.45. The van der Waals surface area contributed by atoms with Crippen LogP contribution in [0.5, 0.6) is 0 Å².